The van der Waals surface area contributed by atoms with E-state index >= 15 is 0 Å². The molecule has 2 rings (SSSR count). The second-order valence-electron chi connectivity index (χ2n) is 5.07. The molecule has 0 aromatic heterocycles. The van der Waals surface area contributed by atoms with Crippen molar-refractivity contribution < 1.29 is 9.69 Å². The number of rotatable bonds is 4. The van der Waals surface area contributed by atoms with Gasteiger partial charge in [0.2, 0.25) is 0 Å². The molecule has 0 spiro atoms. The molecule has 5 heteroatoms. The minimum absolute atomic E-state index is 0.0977. The highest BCUT2D eigenvalue weighted by Crippen LogP contribution is 2.23. The van der Waals surface area contributed by atoms with E-state index in [9.17, 15) is 4.79 Å². The molecule has 1 amide bonds. The van der Waals surface area contributed by atoms with E-state index < -0.39 is 0 Å². The Bertz CT molecular complexity index is 609. The largest absolute Gasteiger partial charge is 0.326 e. The van der Waals surface area contributed by atoms with E-state index in [1.54, 1.807) is 18.2 Å². The summed E-state index contributed by atoms with van der Waals surface area (Å²) in [5.41, 5.74) is 1.56. The number of likely N-dealkylation sites (N-methyl/N-ethyl adjacent to an activating group) is 1. The molecule has 0 heterocycles. The molecule has 0 saturated heterocycles. The molecule has 0 aliphatic heterocycles. The highest BCUT2D eigenvalue weighted by atomic mass is 35.5. The van der Waals surface area contributed by atoms with Crippen LogP contribution in [-0.4, -0.2) is 20.0 Å². The fraction of sp³-hybridized carbons (Fsp3) is 0.188. The zero-order valence-corrected chi connectivity index (χ0v) is 13.4. The fourth-order valence-corrected chi connectivity index (χ4v) is 2.76. The Morgan fingerprint density at radius 1 is 1.05 bits per heavy atom. The third-order valence-corrected chi connectivity index (χ3v) is 3.54. The lowest BCUT2D eigenvalue weighted by molar-refractivity contribution is -0.881. The number of carbonyl (C=O) groups is 1. The molecule has 0 aliphatic carbocycles. The van der Waals surface area contributed by atoms with E-state index in [0.29, 0.717) is 15.7 Å². The van der Waals surface area contributed by atoms with Crippen LogP contribution in [0.3, 0.4) is 0 Å². The fourth-order valence-electron chi connectivity index (χ4n) is 2.23. The van der Waals surface area contributed by atoms with Crippen molar-refractivity contribution in [3.63, 3.8) is 0 Å². The molecule has 0 aliphatic rings. The van der Waals surface area contributed by atoms with Crippen LogP contribution in [0.1, 0.15) is 11.6 Å². The summed E-state index contributed by atoms with van der Waals surface area (Å²) in [4.78, 5) is 13.6. The van der Waals surface area contributed by atoms with Crippen molar-refractivity contribution in [3.8, 4) is 0 Å². The Kier molecular flexibility index (Phi) is 5.23. The third kappa shape index (κ3) is 4.21. The number of halogens is 2. The van der Waals surface area contributed by atoms with E-state index in [1.807, 2.05) is 44.4 Å². The molecule has 0 fully saturated rings. The van der Waals surface area contributed by atoms with Gasteiger partial charge in [0.1, 0.15) is 0 Å². The van der Waals surface area contributed by atoms with Crippen molar-refractivity contribution >= 4 is 34.8 Å². The Morgan fingerprint density at radius 3 is 2.14 bits per heavy atom. The van der Waals surface area contributed by atoms with Crippen molar-refractivity contribution in [3.05, 3.63) is 64.1 Å². The first kappa shape index (κ1) is 15.8. The predicted molar refractivity (Wildman–Crippen MR) is 87.1 cm³/mol. The number of quaternary nitrogens is 1. The highest BCUT2D eigenvalue weighted by Gasteiger charge is 2.26. The number of amides is 1. The van der Waals surface area contributed by atoms with Crippen LogP contribution in [0, 0.1) is 0 Å². The average molecular weight is 324 g/mol. The van der Waals surface area contributed by atoms with Crippen molar-refractivity contribution in [1.82, 2.24) is 0 Å². The predicted octanol–water partition coefficient (Wildman–Crippen LogP) is 2.82. The number of anilines is 1. The summed E-state index contributed by atoms with van der Waals surface area (Å²) >= 11 is 11.9. The quantitative estimate of drug-likeness (QED) is 0.891. The summed E-state index contributed by atoms with van der Waals surface area (Å²) in [6.45, 7) is 0. The van der Waals surface area contributed by atoms with Gasteiger partial charge in [-0.05, 0) is 18.2 Å². The molecule has 0 saturated carbocycles. The molecular weight excluding hydrogens is 307 g/mol. The molecule has 0 unspecified atom stereocenters. The van der Waals surface area contributed by atoms with E-state index in [4.69, 9.17) is 23.2 Å². The van der Waals surface area contributed by atoms with Gasteiger partial charge in [-0.25, -0.2) is 0 Å². The number of nitrogens with one attached hydrogen (secondary N) is 2. The lowest BCUT2D eigenvalue weighted by Crippen LogP contribution is -3.07. The Labute approximate surface area is 134 Å². The highest BCUT2D eigenvalue weighted by molar-refractivity contribution is 6.35. The van der Waals surface area contributed by atoms with Crippen LogP contribution in [0.25, 0.3) is 0 Å². The van der Waals surface area contributed by atoms with Gasteiger partial charge >= 0.3 is 0 Å². The van der Waals surface area contributed by atoms with Crippen molar-refractivity contribution in [2.24, 2.45) is 0 Å². The van der Waals surface area contributed by atoms with Crippen LogP contribution in [-0.2, 0) is 4.79 Å². The second-order valence-corrected chi connectivity index (χ2v) is 5.94. The van der Waals surface area contributed by atoms with E-state index in [2.05, 4.69) is 5.32 Å². The van der Waals surface area contributed by atoms with Crippen LogP contribution in [0.2, 0.25) is 10.0 Å². The van der Waals surface area contributed by atoms with Gasteiger partial charge < -0.3 is 10.2 Å². The summed E-state index contributed by atoms with van der Waals surface area (Å²) in [6.07, 6.45) is 0. The third-order valence-electron chi connectivity index (χ3n) is 3.10. The van der Waals surface area contributed by atoms with Gasteiger partial charge in [0, 0.05) is 21.3 Å². The molecule has 0 radical (unpaired) electrons. The minimum atomic E-state index is -0.302. The zero-order valence-electron chi connectivity index (χ0n) is 11.9. The maximum absolute atomic E-state index is 12.6. The van der Waals surface area contributed by atoms with Crippen LogP contribution in [0.15, 0.2) is 48.5 Å². The van der Waals surface area contributed by atoms with Gasteiger partial charge in [-0.3, -0.25) is 4.79 Å². The van der Waals surface area contributed by atoms with Crippen LogP contribution < -0.4 is 10.2 Å². The number of benzene rings is 2. The smallest absolute Gasteiger partial charge is 0.287 e. The molecule has 0 bridgehead atoms. The van der Waals surface area contributed by atoms with Gasteiger partial charge in [0.15, 0.2) is 6.04 Å². The summed E-state index contributed by atoms with van der Waals surface area (Å²) in [5, 5.41) is 3.86. The van der Waals surface area contributed by atoms with Crippen molar-refractivity contribution in [2.45, 2.75) is 6.04 Å². The Balaban J connectivity index is 2.24. The molecule has 2 aromatic carbocycles. The Morgan fingerprint density at radius 2 is 1.62 bits per heavy atom. The standard InChI is InChI=1S/C16H16Cl2N2O/c1-20(2)15(11-6-4-3-5-7-11)16(21)19-14-9-12(17)8-13(18)10-14/h3-10,15H,1-2H3,(H,19,21)/p+1/t15-/m0/s1. The molecule has 2 N–H and O–H groups in total. The summed E-state index contributed by atoms with van der Waals surface area (Å²) < 4.78 is 0. The van der Waals surface area contributed by atoms with E-state index in [1.165, 1.54) is 0 Å². The normalized spacial score (nSPS) is 12.2. The Hall–Kier alpha value is -1.55. The first-order chi connectivity index (χ1) is 9.97. The maximum Gasteiger partial charge on any atom is 0.287 e. The average Bonchev–Trinajstić information content (AvgIpc) is 2.38. The summed E-state index contributed by atoms with van der Waals surface area (Å²) in [5.74, 6) is -0.0977. The van der Waals surface area contributed by atoms with Crippen molar-refractivity contribution in [2.75, 3.05) is 19.4 Å². The van der Waals surface area contributed by atoms with Gasteiger partial charge in [0.05, 0.1) is 14.1 Å². The van der Waals surface area contributed by atoms with Crippen molar-refractivity contribution in [1.29, 1.82) is 0 Å². The SMILES string of the molecule is C[NH+](C)[C@H](C(=O)Nc1cc(Cl)cc(Cl)c1)c1ccccc1. The van der Waals surface area contributed by atoms with Gasteiger partial charge in [-0.1, -0.05) is 53.5 Å². The number of carbonyl (C=O) groups excluding carboxylic acids is 1. The first-order valence-corrected chi connectivity index (χ1v) is 7.35. The molecule has 2 aromatic rings. The molecule has 21 heavy (non-hydrogen) atoms. The number of hydrogen-bond donors (Lipinski definition) is 2. The minimum Gasteiger partial charge on any atom is -0.326 e. The van der Waals surface area contributed by atoms with E-state index in [-0.39, 0.29) is 11.9 Å². The lowest BCUT2D eigenvalue weighted by Gasteiger charge is -2.21. The van der Waals surface area contributed by atoms with Gasteiger partial charge in [-0.2, -0.15) is 0 Å². The van der Waals surface area contributed by atoms with E-state index in [0.717, 1.165) is 10.5 Å². The molecule has 1 atom stereocenters. The zero-order chi connectivity index (χ0) is 15.4. The maximum atomic E-state index is 12.6. The van der Waals surface area contributed by atoms with Crippen LogP contribution in [0.4, 0.5) is 5.69 Å². The molecular formula is C16H17Cl2N2O+. The first-order valence-electron chi connectivity index (χ1n) is 6.59. The second kappa shape index (κ2) is 6.94. The lowest BCUT2D eigenvalue weighted by atomic mass is 10.1. The van der Waals surface area contributed by atoms with Crippen LogP contribution >= 0.6 is 23.2 Å². The molecule has 110 valence electrons. The number of hydrogen-bond acceptors (Lipinski definition) is 1. The monoisotopic (exact) mass is 323 g/mol. The van der Waals surface area contributed by atoms with Gasteiger partial charge in [-0.15, -0.1) is 0 Å². The van der Waals surface area contributed by atoms with Gasteiger partial charge in [0.25, 0.3) is 5.91 Å². The van der Waals surface area contributed by atoms with Crippen LogP contribution in [0.5, 0.6) is 0 Å². The topological polar surface area (TPSA) is 33.5 Å². The summed E-state index contributed by atoms with van der Waals surface area (Å²) in [6, 6.07) is 14.4. The molecule has 3 nitrogen and oxygen atoms in total. The summed E-state index contributed by atoms with van der Waals surface area (Å²) in [7, 11) is 3.89.